The maximum Gasteiger partial charge on any atom is 0.318 e. The summed E-state index contributed by atoms with van der Waals surface area (Å²) >= 11 is 0. The van der Waals surface area contributed by atoms with E-state index in [9.17, 15) is 14.4 Å². The van der Waals surface area contributed by atoms with Gasteiger partial charge in [-0.15, -0.1) is 0 Å². The molecule has 0 aliphatic rings. The second kappa shape index (κ2) is 9.96. The summed E-state index contributed by atoms with van der Waals surface area (Å²) in [7, 11) is 1.53. The van der Waals surface area contributed by atoms with Crippen LogP contribution < -0.4 is 20.7 Å². The van der Waals surface area contributed by atoms with Gasteiger partial charge in [0.05, 0.1) is 6.61 Å². The molecule has 0 aromatic heterocycles. The molecule has 3 N–H and O–H groups in total. The molecule has 0 heterocycles. The Morgan fingerprint density at radius 1 is 0.852 bits per heavy atom. The van der Waals surface area contributed by atoms with Gasteiger partial charge in [0.1, 0.15) is 5.75 Å². The van der Waals surface area contributed by atoms with E-state index in [1.165, 1.54) is 7.05 Å². The van der Waals surface area contributed by atoms with Crippen molar-refractivity contribution < 1.29 is 19.1 Å². The normalized spacial score (nSPS) is 10.0. The monoisotopic (exact) mass is 369 g/mol. The maximum atomic E-state index is 12.2. The zero-order chi connectivity index (χ0) is 19.6. The molecule has 0 unspecified atom stereocenters. The number of benzene rings is 2. The average molecular weight is 369 g/mol. The van der Waals surface area contributed by atoms with E-state index < -0.39 is 0 Å². The number of anilines is 2. The van der Waals surface area contributed by atoms with Gasteiger partial charge < -0.3 is 20.7 Å². The van der Waals surface area contributed by atoms with Crippen LogP contribution in [0.3, 0.4) is 0 Å². The molecule has 0 saturated carbocycles. The van der Waals surface area contributed by atoms with Crippen molar-refractivity contribution in [3.63, 3.8) is 0 Å². The van der Waals surface area contributed by atoms with Gasteiger partial charge in [-0.25, -0.2) is 4.79 Å². The van der Waals surface area contributed by atoms with E-state index >= 15 is 0 Å². The molecule has 142 valence electrons. The van der Waals surface area contributed by atoms with Crippen LogP contribution in [0.1, 0.15) is 30.1 Å². The van der Waals surface area contributed by atoms with Crippen molar-refractivity contribution in [1.29, 1.82) is 0 Å². The van der Waals surface area contributed by atoms with Crippen LogP contribution in [0.25, 0.3) is 0 Å². The van der Waals surface area contributed by atoms with E-state index in [1.54, 1.807) is 48.5 Å². The first-order chi connectivity index (χ1) is 13.0. The van der Waals surface area contributed by atoms with Gasteiger partial charge in [-0.3, -0.25) is 9.59 Å². The summed E-state index contributed by atoms with van der Waals surface area (Å²) in [6, 6.07) is 13.3. The van der Waals surface area contributed by atoms with Crippen LogP contribution in [0.15, 0.2) is 48.5 Å². The van der Waals surface area contributed by atoms with Crippen molar-refractivity contribution in [2.75, 3.05) is 24.3 Å². The third kappa shape index (κ3) is 6.47. The lowest BCUT2D eigenvalue weighted by molar-refractivity contribution is -0.116. The highest BCUT2D eigenvalue weighted by Gasteiger charge is 2.10. The Hall–Kier alpha value is -3.35. The van der Waals surface area contributed by atoms with Crippen LogP contribution in [-0.2, 0) is 4.79 Å². The highest BCUT2D eigenvalue weighted by Crippen LogP contribution is 2.16. The van der Waals surface area contributed by atoms with E-state index in [0.717, 1.165) is 0 Å². The van der Waals surface area contributed by atoms with Crippen LogP contribution in [0.4, 0.5) is 16.2 Å². The van der Waals surface area contributed by atoms with Crippen molar-refractivity contribution >= 4 is 29.1 Å². The molecule has 27 heavy (non-hydrogen) atoms. The van der Waals surface area contributed by atoms with Gasteiger partial charge >= 0.3 is 6.03 Å². The van der Waals surface area contributed by atoms with Gasteiger partial charge in [-0.05, 0) is 55.5 Å². The third-order valence-electron chi connectivity index (χ3n) is 3.72. The zero-order valence-electron chi connectivity index (χ0n) is 15.4. The minimum atomic E-state index is -0.320. The molecule has 7 heteroatoms. The van der Waals surface area contributed by atoms with Gasteiger partial charge in [-0.2, -0.15) is 0 Å². The Bertz CT molecular complexity index is 786. The summed E-state index contributed by atoms with van der Waals surface area (Å²) in [5.74, 6) is 0.362. The second-order valence-corrected chi connectivity index (χ2v) is 5.71. The van der Waals surface area contributed by atoms with Crippen LogP contribution in [0, 0.1) is 0 Å². The number of Topliss-reactive ketones (excluding diaryl/α,β-unsaturated/α-hetero) is 1. The first-order valence-electron chi connectivity index (χ1n) is 8.66. The Morgan fingerprint density at radius 2 is 1.44 bits per heavy atom. The maximum absolute atomic E-state index is 12.2. The third-order valence-corrected chi connectivity index (χ3v) is 3.72. The molecular weight excluding hydrogens is 346 g/mol. The van der Waals surface area contributed by atoms with Crippen LogP contribution in [-0.4, -0.2) is 31.4 Å². The second-order valence-electron chi connectivity index (χ2n) is 5.71. The molecule has 0 spiro atoms. The summed E-state index contributed by atoms with van der Waals surface area (Å²) in [6.07, 6.45) is 0.209. The first kappa shape index (κ1) is 20.0. The van der Waals surface area contributed by atoms with Crippen LogP contribution >= 0.6 is 0 Å². The smallest absolute Gasteiger partial charge is 0.318 e. The Labute approximate surface area is 158 Å². The minimum Gasteiger partial charge on any atom is -0.494 e. The largest absolute Gasteiger partial charge is 0.494 e. The highest BCUT2D eigenvalue weighted by molar-refractivity contribution is 6.00. The summed E-state index contributed by atoms with van der Waals surface area (Å²) in [5, 5.41) is 7.81. The van der Waals surface area contributed by atoms with Crippen molar-refractivity contribution in [2.45, 2.75) is 19.8 Å². The minimum absolute atomic E-state index is 0.0876. The number of amides is 3. The first-order valence-corrected chi connectivity index (χ1v) is 8.66. The SMILES string of the molecule is CCOc1ccc(C(=O)CCC(=O)Nc2ccc(NC(=O)NC)cc2)cc1. The molecule has 7 nitrogen and oxygen atoms in total. The Kier molecular flexibility index (Phi) is 7.37. The number of hydrogen-bond acceptors (Lipinski definition) is 4. The summed E-state index contributed by atoms with van der Waals surface area (Å²) in [5.41, 5.74) is 1.75. The number of carbonyl (C=O) groups excluding carboxylic acids is 3. The highest BCUT2D eigenvalue weighted by atomic mass is 16.5. The summed E-state index contributed by atoms with van der Waals surface area (Å²) in [6.45, 7) is 2.46. The quantitative estimate of drug-likeness (QED) is 0.621. The number of rotatable bonds is 8. The molecule has 0 radical (unpaired) electrons. The van der Waals surface area contributed by atoms with Crippen molar-refractivity contribution in [2.24, 2.45) is 0 Å². The Balaban J connectivity index is 1.81. The number of hydrogen-bond donors (Lipinski definition) is 3. The van der Waals surface area contributed by atoms with Gasteiger partial charge in [0.25, 0.3) is 0 Å². The molecule has 0 atom stereocenters. The summed E-state index contributed by atoms with van der Waals surface area (Å²) in [4.78, 5) is 35.4. The molecule has 0 fully saturated rings. The molecule has 0 aliphatic carbocycles. The van der Waals surface area contributed by atoms with Gasteiger partial charge in [-0.1, -0.05) is 0 Å². The van der Waals surface area contributed by atoms with E-state index in [0.29, 0.717) is 29.3 Å². The number of nitrogens with one attached hydrogen (secondary N) is 3. The number of ether oxygens (including phenoxy) is 1. The molecule has 3 amide bonds. The molecule has 0 aliphatic heterocycles. The van der Waals surface area contributed by atoms with E-state index in [1.807, 2.05) is 6.92 Å². The Morgan fingerprint density at radius 3 is 2.00 bits per heavy atom. The van der Waals surface area contributed by atoms with Crippen molar-refractivity contribution in [1.82, 2.24) is 5.32 Å². The van der Waals surface area contributed by atoms with Gasteiger partial charge in [0.2, 0.25) is 5.91 Å². The lowest BCUT2D eigenvalue weighted by Gasteiger charge is -2.08. The fourth-order valence-electron chi connectivity index (χ4n) is 2.33. The fourth-order valence-corrected chi connectivity index (χ4v) is 2.33. The van der Waals surface area contributed by atoms with E-state index in [2.05, 4.69) is 16.0 Å². The molecule has 2 aromatic carbocycles. The lowest BCUT2D eigenvalue weighted by atomic mass is 10.1. The predicted octanol–water partition coefficient (Wildman–Crippen LogP) is 3.44. The standard InChI is InChI=1S/C20H23N3O4/c1-3-27-17-10-4-14(5-11-17)18(24)12-13-19(25)22-15-6-8-16(9-7-15)23-20(26)21-2/h4-11H,3,12-13H2,1-2H3,(H,22,25)(H2,21,23,26). The predicted molar refractivity (Wildman–Crippen MR) is 104 cm³/mol. The number of urea groups is 1. The van der Waals surface area contributed by atoms with Crippen molar-refractivity contribution in [3.05, 3.63) is 54.1 Å². The lowest BCUT2D eigenvalue weighted by Crippen LogP contribution is -2.24. The molecule has 0 bridgehead atoms. The topological polar surface area (TPSA) is 96.5 Å². The molecule has 0 saturated heterocycles. The molecular formula is C20H23N3O4. The fraction of sp³-hybridized carbons (Fsp3) is 0.250. The van der Waals surface area contributed by atoms with E-state index in [4.69, 9.17) is 4.74 Å². The zero-order valence-corrected chi connectivity index (χ0v) is 15.4. The summed E-state index contributed by atoms with van der Waals surface area (Å²) < 4.78 is 5.34. The van der Waals surface area contributed by atoms with Gasteiger partial charge in [0.15, 0.2) is 5.78 Å². The van der Waals surface area contributed by atoms with Crippen molar-refractivity contribution in [3.8, 4) is 5.75 Å². The van der Waals surface area contributed by atoms with Crippen LogP contribution in [0.2, 0.25) is 0 Å². The molecule has 2 aromatic rings. The molecule has 2 rings (SSSR count). The van der Waals surface area contributed by atoms with E-state index in [-0.39, 0.29) is 30.6 Å². The number of ketones is 1. The average Bonchev–Trinajstić information content (AvgIpc) is 2.68. The number of carbonyl (C=O) groups is 3. The van der Waals surface area contributed by atoms with Gasteiger partial charge in [0, 0.05) is 36.8 Å². The van der Waals surface area contributed by atoms with Crippen LogP contribution in [0.5, 0.6) is 5.75 Å².